The Hall–Kier alpha value is -0.650. The van der Waals surface area contributed by atoms with Gasteiger partial charge in [-0.05, 0) is 18.3 Å². The fraction of sp³-hybridized carbons (Fsp3) is 0.929. The van der Waals surface area contributed by atoms with E-state index in [4.69, 9.17) is 5.73 Å². The number of rotatable bonds is 9. The van der Waals surface area contributed by atoms with Crippen LogP contribution < -0.4 is 11.1 Å². The fourth-order valence-corrected chi connectivity index (χ4v) is 1.96. The largest absolute Gasteiger partial charge is 0.394 e. The Morgan fingerprint density at radius 3 is 2.32 bits per heavy atom. The van der Waals surface area contributed by atoms with Crippen molar-refractivity contribution in [1.29, 1.82) is 0 Å². The van der Waals surface area contributed by atoms with Gasteiger partial charge in [0.1, 0.15) is 0 Å². The zero-order valence-corrected chi connectivity index (χ0v) is 12.6. The Labute approximate surface area is 116 Å². The summed E-state index contributed by atoms with van der Waals surface area (Å²) in [7, 11) is 0. The molecule has 0 aromatic heterocycles. The molecule has 0 rings (SSSR count). The third-order valence-corrected chi connectivity index (χ3v) is 3.51. The molecule has 0 aliphatic heterocycles. The van der Waals surface area contributed by atoms with E-state index in [1.807, 2.05) is 27.7 Å². The maximum absolute atomic E-state index is 11.8. The summed E-state index contributed by atoms with van der Waals surface area (Å²) >= 11 is 0. The third-order valence-electron chi connectivity index (χ3n) is 3.51. The maximum atomic E-state index is 11.8. The Kier molecular flexibility index (Phi) is 8.97. The van der Waals surface area contributed by atoms with Crippen LogP contribution >= 0.6 is 0 Å². The van der Waals surface area contributed by atoms with Gasteiger partial charge in [0, 0.05) is 6.04 Å². The molecule has 5 N–H and O–H groups in total. The predicted molar refractivity (Wildman–Crippen MR) is 76.5 cm³/mol. The molecule has 5 nitrogen and oxygen atoms in total. The highest BCUT2D eigenvalue weighted by Crippen LogP contribution is 2.10. The average molecular weight is 274 g/mol. The molecule has 0 aromatic rings. The molecule has 0 aromatic carbocycles. The normalized spacial score (nSPS) is 17.9. The van der Waals surface area contributed by atoms with Crippen LogP contribution in [0.1, 0.15) is 47.0 Å². The predicted octanol–water partition coefficient (Wildman–Crippen LogP) is 0.634. The van der Waals surface area contributed by atoms with E-state index < -0.39 is 6.10 Å². The van der Waals surface area contributed by atoms with Crippen LogP contribution in [0.25, 0.3) is 0 Å². The molecule has 0 saturated heterocycles. The Balaban J connectivity index is 4.21. The van der Waals surface area contributed by atoms with Gasteiger partial charge in [-0.15, -0.1) is 0 Å². The smallest absolute Gasteiger partial charge is 0.222 e. The summed E-state index contributed by atoms with van der Waals surface area (Å²) in [5, 5.41) is 21.9. The number of amides is 1. The van der Waals surface area contributed by atoms with Crippen molar-refractivity contribution in [3.63, 3.8) is 0 Å². The molecule has 114 valence electrons. The second-order valence-electron chi connectivity index (χ2n) is 5.81. The Morgan fingerprint density at radius 2 is 1.89 bits per heavy atom. The van der Waals surface area contributed by atoms with E-state index in [-0.39, 0.29) is 36.9 Å². The van der Waals surface area contributed by atoms with Gasteiger partial charge in [0.25, 0.3) is 0 Å². The zero-order valence-electron chi connectivity index (χ0n) is 12.6. The SMILES string of the molecule is CC[C@H](C)[C@@H](CO)NC(=O)CC(O)C(N)CC(C)C. The van der Waals surface area contributed by atoms with Crippen LogP contribution in [0.5, 0.6) is 0 Å². The molecule has 0 heterocycles. The number of aliphatic hydroxyl groups is 2. The van der Waals surface area contributed by atoms with Crippen LogP contribution in [0.3, 0.4) is 0 Å². The van der Waals surface area contributed by atoms with Gasteiger partial charge in [0.05, 0.1) is 25.2 Å². The van der Waals surface area contributed by atoms with Crippen molar-refractivity contribution in [2.24, 2.45) is 17.6 Å². The zero-order chi connectivity index (χ0) is 15.0. The topological polar surface area (TPSA) is 95.6 Å². The molecule has 0 aliphatic carbocycles. The van der Waals surface area contributed by atoms with E-state index in [2.05, 4.69) is 5.32 Å². The first kappa shape index (κ1) is 18.4. The number of carbonyl (C=O) groups is 1. The molecule has 5 heteroatoms. The van der Waals surface area contributed by atoms with Crippen molar-refractivity contribution in [2.45, 2.75) is 65.1 Å². The van der Waals surface area contributed by atoms with Gasteiger partial charge in [-0.2, -0.15) is 0 Å². The van der Waals surface area contributed by atoms with Gasteiger partial charge in [-0.25, -0.2) is 0 Å². The summed E-state index contributed by atoms with van der Waals surface area (Å²) in [6, 6.07) is -0.645. The van der Waals surface area contributed by atoms with Crippen molar-refractivity contribution in [3.05, 3.63) is 0 Å². The van der Waals surface area contributed by atoms with E-state index >= 15 is 0 Å². The van der Waals surface area contributed by atoms with Gasteiger partial charge < -0.3 is 21.3 Å². The van der Waals surface area contributed by atoms with E-state index in [0.29, 0.717) is 12.3 Å². The number of nitrogens with one attached hydrogen (secondary N) is 1. The number of carbonyl (C=O) groups excluding carboxylic acids is 1. The highest BCUT2D eigenvalue weighted by molar-refractivity contribution is 5.76. The first-order valence-electron chi connectivity index (χ1n) is 7.15. The molecule has 2 unspecified atom stereocenters. The standard InChI is InChI=1S/C14H30N2O3/c1-5-10(4)12(8-17)16-14(19)7-13(18)11(15)6-9(2)3/h9-13,17-18H,5-8,15H2,1-4H3,(H,16,19)/t10-,11?,12+,13?/m0/s1. The van der Waals surface area contributed by atoms with Crippen molar-refractivity contribution in [2.75, 3.05) is 6.61 Å². The summed E-state index contributed by atoms with van der Waals surface area (Å²) in [5.74, 6) is 0.333. The molecule has 0 spiro atoms. The van der Waals surface area contributed by atoms with Gasteiger partial charge >= 0.3 is 0 Å². The molecule has 0 bridgehead atoms. The molecule has 4 atom stereocenters. The quantitative estimate of drug-likeness (QED) is 0.496. The first-order valence-corrected chi connectivity index (χ1v) is 7.15. The minimum atomic E-state index is -0.835. The van der Waals surface area contributed by atoms with E-state index in [0.717, 1.165) is 6.42 Å². The van der Waals surface area contributed by atoms with Crippen LogP contribution in [-0.4, -0.2) is 40.9 Å². The first-order chi connectivity index (χ1) is 8.81. The van der Waals surface area contributed by atoms with Crippen LogP contribution in [-0.2, 0) is 4.79 Å². The van der Waals surface area contributed by atoms with Crippen molar-refractivity contribution in [1.82, 2.24) is 5.32 Å². The molecule has 0 saturated carbocycles. The highest BCUT2D eigenvalue weighted by Gasteiger charge is 2.22. The Bertz CT molecular complexity index is 259. The number of hydrogen-bond acceptors (Lipinski definition) is 4. The van der Waals surface area contributed by atoms with E-state index in [1.54, 1.807) is 0 Å². The highest BCUT2D eigenvalue weighted by atomic mass is 16.3. The monoisotopic (exact) mass is 274 g/mol. The molecule has 0 aliphatic rings. The number of aliphatic hydroxyl groups excluding tert-OH is 2. The van der Waals surface area contributed by atoms with E-state index in [9.17, 15) is 15.0 Å². The minimum absolute atomic E-state index is 0.0131. The molecular weight excluding hydrogens is 244 g/mol. The molecule has 0 fully saturated rings. The van der Waals surface area contributed by atoms with Crippen LogP contribution in [0.2, 0.25) is 0 Å². The van der Waals surface area contributed by atoms with Gasteiger partial charge in [0.15, 0.2) is 0 Å². The third kappa shape index (κ3) is 7.50. The summed E-state index contributed by atoms with van der Waals surface area (Å²) in [5.41, 5.74) is 5.84. The van der Waals surface area contributed by atoms with Gasteiger partial charge in [0.2, 0.25) is 5.91 Å². The number of nitrogens with two attached hydrogens (primary N) is 1. The van der Waals surface area contributed by atoms with Gasteiger partial charge in [-0.1, -0.05) is 34.1 Å². The van der Waals surface area contributed by atoms with Crippen molar-refractivity contribution in [3.8, 4) is 0 Å². The summed E-state index contributed by atoms with van der Waals surface area (Å²) in [4.78, 5) is 11.8. The fourth-order valence-electron chi connectivity index (χ4n) is 1.96. The molecule has 0 radical (unpaired) electrons. The van der Waals surface area contributed by atoms with Crippen molar-refractivity contribution >= 4 is 5.91 Å². The summed E-state index contributed by atoms with van der Waals surface area (Å²) in [6.07, 6.45) is 0.712. The van der Waals surface area contributed by atoms with E-state index in [1.165, 1.54) is 0 Å². The molecule has 19 heavy (non-hydrogen) atoms. The lowest BCUT2D eigenvalue weighted by Gasteiger charge is -2.24. The lowest BCUT2D eigenvalue weighted by Crippen LogP contribution is -2.45. The minimum Gasteiger partial charge on any atom is -0.394 e. The lowest BCUT2D eigenvalue weighted by molar-refractivity contribution is -0.124. The van der Waals surface area contributed by atoms with Crippen molar-refractivity contribution < 1.29 is 15.0 Å². The average Bonchev–Trinajstić information content (AvgIpc) is 2.33. The number of hydrogen-bond donors (Lipinski definition) is 4. The van der Waals surface area contributed by atoms with Crippen LogP contribution in [0.15, 0.2) is 0 Å². The summed E-state index contributed by atoms with van der Waals surface area (Å²) < 4.78 is 0. The van der Waals surface area contributed by atoms with Crippen LogP contribution in [0.4, 0.5) is 0 Å². The second-order valence-corrected chi connectivity index (χ2v) is 5.81. The van der Waals surface area contributed by atoms with Gasteiger partial charge in [-0.3, -0.25) is 4.79 Å². The molecule has 1 amide bonds. The summed E-state index contributed by atoms with van der Waals surface area (Å²) in [6.45, 7) is 7.94. The maximum Gasteiger partial charge on any atom is 0.222 e. The second kappa shape index (κ2) is 9.28. The lowest BCUT2D eigenvalue weighted by atomic mass is 9.97. The molecular formula is C14H30N2O3. The van der Waals surface area contributed by atoms with Crippen LogP contribution in [0, 0.1) is 11.8 Å². The Morgan fingerprint density at radius 1 is 1.32 bits per heavy atom.